The Kier molecular flexibility index (Phi) is 3.99. The van der Waals surface area contributed by atoms with Gasteiger partial charge in [-0.2, -0.15) is 0 Å². The molecular weight excluding hydrogens is 300 g/mol. The van der Waals surface area contributed by atoms with E-state index in [1.54, 1.807) is 24.3 Å². The van der Waals surface area contributed by atoms with E-state index in [0.29, 0.717) is 11.4 Å². The van der Waals surface area contributed by atoms with Gasteiger partial charge in [0.1, 0.15) is 5.84 Å². The molecule has 1 aliphatic carbocycles. The van der Waals surface area contributed by atoms with Crippen molar-refractivity contribution in [2.45, 2.75) is 49.5 Å². The molecule has 2 N–H and O–H groups in total. The van der Waals surface area contributed by atoms with Crippen molar-refractivity contribution in [3.63, 3.8) is 0 Å². The molecule has 6 heteroatoms. The summed E-state index contributed by atoms with van der Waals surface area (Å²) in [6.07, 6.45) is 5.55. The van der Waals surface area contributed by atoms with Crippen molar-refractivity contribution in [2.75, 3.05) is 6.54 Å². The summed E-state index contributed by atoms with van der Waals surface area (Å²) in [6.45, 7) is 2.02. The van der Waals surface area contributed by atoms with Crippen LogP contribution in [0.25, 0.3) is 0 Å². The van der Waals surface area contributed by atoms with Crippen LogP contribution in [0.1, 0.15) is 44.6 Å². The number of aliphatic imine (C=N–C) groups is 1. The fourth-order valence-corrected chi connectivity index (χ4v) is 4.59. The second kappa shape index (κ2) is 5.66. The molecule has 5 nitrogen and oxygen atoms in total. The Morgan fingerprint density at radius 2 is 1.95 bits per heavy atom. The SMILES string of the molecule is CC(O)(CN=C1NS(=O)(=O)c2ccccc21)C1CCCCC1. The Morgan fingerprint density at radius 3 is 2.68 bits per heavy atom. The Labute approximate surface area is 131 Å². The zero-order valence-corrected chi connectivity index (χ0v) is 13.6. The summed E-state index contributed by atoms with van der Waals surface area (Å²) >= 11 is 0. The number of amidine groups is 1. The second-order valence-electron chi connectivity index (χ2n) is 6.46. The van der Waals surface area contributed by atoms with Gasteiger partial charge in [-0.3, -0.25) is 9.71 Å². The van der Waals surface area contributed by atoms with Gasteiger partial charge < -0.3 is 5.11 Å². The van der Waals surface area contributed by atoms with E-state index in [4.69, 9.17) is 0 Å². The second-order valence-corrected chi connectivity index (χ2v) is 8.11. The van der Waals surface area contributed by atoms with Gasteiger partial charge in [-0.25, -0.2) is 8.42 Å². The van der Waals surface area contributed by atoms with E-state index in [2.05, 4.69) is 9.71 Å². The summed E-state index contributed by atoms with van der Waals surface area (Å²) in [6, 6.07) is 6.79. The molecule has 1 aliphatic heterocycles. The molecule has 0 bridgehead atoms. The predicted molar refractivity (Wildman–Crippen MR) is 85.4 cm³/mol. The third kappa shape index (κ3) is 2.90. The average molecular weight is 322 g/mol. The fourth-order valence-electron chi connectivity index (χ4n) is 3.34. The Hall–Kier alpha value is -1.40. The number of fused-ring (bicyclic) bond motifs is 1. The maximum Gasteiger partial charge on any atom is 0.263 e. The Bertz CT molecular complexity index is 689. The van der Waals surface area contributed by atoms with Gasteiger partial charge in [0.15, 0.2) is 0 Å². The van der Waals surface area contributed by atoms with E-state index >= 15 is 0 Å². The lowest BCUT2D eigenvalue weighted by molar-refractivity contribution is -0.00763. The molecule has 0 amide bonds. The molecule has 3 rings (SSSR count). The molecule has 120 valence electrons. The smallest absolute Gasteiger partial charge is 0.263 e. The van der Waals surface area contributed by atoms with Gasteiger partial charge >= 0.3 is 0 Å². The van der Waals surface area contributed by atoms with Crippen molar-refractivity contribution in [3.8, 4) is 0 Å². The number of nitrogens with one attached hydrogen (secondary N) is 1. The molecule has 0 aromatic heterocycles. The molecule has 1 atom stereocenters. The number of sulfonamides is 1. The zero-order valence-electron chi connectivity index (χ0n) is 12.7. The maximum absolute atomic E-state index is 12.0. The lowest BCUT2D eigenvalue weighted by Gasteiger charge is -2.34. The fraction of sp³-hybridized carbons (Fsp3) is 0.562. The molecular formula is C16H22N2O3S. The molecule has 0 spiro atoms. The first-order chi connectivity index (χ1) is 10.4. The normalized spacial score (nSPS) is 25.5. The molecule has 1 fully saturated rings. The minimum absolute atomic E-state index is 0.212. The van der Waals surface area contributed by atoms with Gasteiger partial charge in [0.2, 0.25) is 0 Å². The number of benzene rings is 1. The summed E-state index contributed by atoms with van der Waals surface area (Å²) in [5.74, 6) is 0.575. The van der Waals surface area contributed by atoms with Crippen LogP contribution in [0.5, 0.6) is 0 Å². The van der Waals surface area contributed by atoms with Crippen LogP contribution >= 0.6 is 0 Å². The highest BCUT2D eigenvalue weighted by Crippen LogP contribution is 2.33. The van der Waals surface area contributed by atoms with Crippen LogP contribution in [0.15, 0.2) is 34.2 Å². The zero-order chi connectivity index (χ0) is 15.8. The molecule has 1 aromatic rings. The third-order valence-corrected chi connectivity index (χ3v) is 6.10. The van der Waals surface area contributed by atoms with Crippen LogP contribution < -0.4 is 4.72 Å². The third-order valence-electron chi connectivity index (χ3n) is 4.70. The minimum atomic E-state index is -3.51. The number of hydrogen-bond acceptors (Lipinski definition) is 4. The van der Waals surface area contributed by atoms with Crippen LogP contribution in [0.4, 0.5) is 0 Å². The van der Waals surface area contributed by atoms with Crippen LogP contribution in [0, 0.1) is 5.92 Å². The van der Waals surface area contributed by atoms with Crippen LogP contribution in [-0.2, 0) is 10.0 Å². The number of rotatable bonds is 3. The largest absolute Gasteiger partial charge is 0.388 e. The first-order valence-electron chi connectivity index (χ1n) is 7.79. The predicted octanol–water partition coefficient (Wildman–Crippen LogP) is 2.06. The van der Waals surface area contributed by atoms with Crippen molar-refractivity contribution in [1.82, 2.24) is 4.72 Å². The van der Waals surface area contributed by atoms with E-state index in [1.165, 1.54) is 6.42 Å². The molecule has 1 heterocycles. The standard InChI is InChI=1S/C16H22N2O3S/c1-16(19,12-7-3-2-4-8-12)11-17-15-13-9-5-6-10-14(13)22(20,21)18-15/h5-6,9-10,12,19H,2-4,7-8,11H2,1H3,(H,17,18). The van der Waals surface area contributed by atoms with Crippen LogP contribution in [0.3, 0.4) is 0 Å². The summed E-state index contributed by atoms with van der Waals surface area (Å²) < 4.78 is 26.6. The van der Waals surface area contributed by atoms with Crippen molar-refractivity contribution in [2.24, 2.45) is 10.9 Å². The van der Waals surface area contributed by atoms with Gasteiger partial charge in [0.25, 0.3) is 10.0 Å². The lowest BCUT2D eigenvalue weighted by atomic mass is 9.78. The van der Waals surface area contributed by atoms with Crippen molar-refractivity contribution < 1.29 is 13.5 Å². The first kappa shape index (κ1) is 15.5. The van der Waals surface area contributed by atoms with Gasteiger partial charge in [-0.15, -0.1) is 0 Å². The van der Waals surface area contributed by atoms with Gasteiger partial charge in [-0.05, 0) is 37.8 Å². The van der Waals surface area contributed by atoms with E-state index in [0.717, 1.165) is 25.7 Å². The molecule has 22 heavy (non-hydrogen) atoms. The Balaban J connectivity index is 1.82. The molecule has 0 saturated heterocycles. The van der Waals surface area contributed by atoms with Crippen LogP contribution in [0.2, 0.25) is 0 Å². The van der Waals surface area contributed by atoms with E-state index in [-0.39, 0.29) is 17.4 Å². The van der Waals surface area contributed by atoms with E-state index in [1.807, 2.05) is 6.92 Å². The summed E-state index contributed by atoms with van der Waals surface area (Å²) in [5, 5.41) is 10.7. The monoisotopic (exact) mass is 322 g/mol. The molecule has 0 radical (unpaired) electrons. The molecule has 1 aromatic carbocycles. The van der Waals surface area contributed by atoms with Crippen molar-refractivity contribution in [1.29, 1.82) is 0 Å². The van der Waals surface area contributed by atoms with E-state index in [9.17, 15) is 13.5 Å². The number of hydrogen-bond donors (Lipinski definition) is 2. The highest BCUT2D eigenvalue weighted by molar-refractivity contribution is 7.90. The first-order valence-corrected chi connectivity index (χ1v) is 9.27. The van der Waals surface area contributed by atoms with Gasteiger partial charge in [-0.1, -0.05) is 31.4 Å². The quantitative estimate of drug-likeness (QED) is 0.894. The van der Waals surface area contributed by atoms with Gasteiger partial charge in [0.05, 0.1) is 17.0 Å². The summed E-state index contributed by atoms with van der Waals surface area (Å²) in [7, 11) is -3.51. The van der Waals surface area contributed by atoms with Gasteiger partial charge in [0, 0.05) is 5.56 Å². The number of aliphatic hydroxyl groups is 1. The highest BCUT2D eigenvalue weighted by Gasteiger charge is 2.34. The summed E-state index contributed by atoms with van der Waals surface area (Å²) in [5.41, 5.74) is -0.307. The van der Waals surface area contributed by atoms with Crippen LogP contribution in [-0.4, -0.2) is 31.5 Å². The maximum atomic E-state index is 12.0. The molecule has 1 saturated carbocycles. The van der Waals surface area contributed by atoms with E-state index < -0.39 is 15.6 Å². The van der Waals surface area contributed by atoms with Crippen molar-refractivity contribution >= 4 is 15.9 Å². The molecule has 1 unspecified atom stereocenters. The number of nitrogens with zero attached hydrogens (tertiary/aromatic N) is 1. The van der Waals surface area contributed by atoms with Crippen molar-refractivity contribution in [3.05, 3.63) is 29.8 Å². The molecule has 2 aliphatic rings. The average Bonchev–Trinajstić information content (AvgIpc) is 2.78. The lowest BCUT2D eigenvalue weighted by Crippen LogP contribution is -2.39. The Morgan fingerprint density at radius 1 is 1.27 bits per heavy atom. The topological polar surface area (TPSA) is 78.8 Å². The highest BCUT2D eigenvalue weighted by atomic mass is 32.2. The minimum Gasteiger partial charge on any atom is -0.388 e. The summed E-state index contributed by atoms with van der Waals surface area (Å²) in [4.78, 5) is 4.64.